The fraction of sp³-hybridized carbons (Fsp3) is 0.346. The van der Waals surface area contributed by atoms with Crippen LogP contribution in [-0.2, 0) is 13.0 Å². The highest BCUT2D eigenvalue weighted by molar-refractivity contribution is 5.82. The van der Waals surface area contributed by atoms with Gasteiger partial charge in [-0.2, -0.15) is 0 Å². The highest BCUT2D eigenvalue weighted by Crippen LogP contribution is 2.31. The number of anilines is 2. The number of likely N-dealkylation sites (N-methyl/N-ethyl adjacent to an activating group) is 1. The lowest BCUT2D eigenvalue weighted by Crippen LogP contribution is -2.35. The van der Waals surface area contributed by atoms with Crippen LogP contribution in [0.1, 0.15) is 31.1 Å². The van der Waals surface area contributed by atoms with E-state index in [-0.39, 0.29) is 28.3 Å². The number of pyridine rings is 2. The number of hydrogen-bond acceptors (Lipinski definition) is 7. The number of rotatable bonds is 7. The second-order valence-corrected chi connectivity index (χ2v) is 9.24. The van der Waals surface area contributed by atoms with E-state index in [9.17, 15) is 13.6 Å². The van der Waals surface area contributed by atoms with Crippen molar-refractivity contribution >= 4 is 22.7 Å². The van der Waals surface area contributed by atoms with Gasteiger partial charge in [0.2, 0.25) is 0 Å². The zero-order chi connectivity index (χ0) is 25.4. The predicted molar refractivity (Wildman–Crippen MR) is 134 cm³/mol. The molecule has 2 N–H and O–H groups in total. The Morgan fingerprint density at radius 1 is 1.14 bits per heavy atom. The molecular weight excluding hydrogens is 466 g/mol. The Morgan fingerprint density at radius 2 is 1.97 bits per heavy atom. The molecule has 0 radical (unpaired) electrons. The van der Waals surface area contributed by atoms with Crippen LogP contribution in [0.2, 0.25) is 0 Å². The molecule has 188 valence electrons. The van der Waals surface area contributed by atoms with E-state index in [1.54, 1.807) is 19.9 Å². The molecule has 3 aromatic heterocycles. The van der Waals surface area contributed by atoms with Gasteiger partial charge in [-0.05, 0) is 56.3 Å². The van der Waals surface area contributed by atoms with Crippen molar-refractivity contribution in [3.63, 3.8) is 0 Å². The summed E-state index contributed by atoms with van der Waals surface area (Å²) in [5.41, 5.74) is 2.77. The summed E-state index contributed by atoms with van der Waals surface area (Å²) in [4.78, 5) is 23.5. The minimum Gasteiger partial charge on any atom is -0.405 e. The van der Waals surface area contributed by atoms with Gasteiger partial charge < -0.3 is 15.1 Å². The lowest BCUT2D eigenvalue weighted by Gasteiger charge is -2.28. The van der Waals surface area contributed by atoms with Crippen molar-refractivity contribution in [1.29, 1.82) is 0 Å². The van der Waals surface area contributed by atoms with Crippen LogP contribution in [0.4, 0.5) is 20.4 Å². The van der Waals surface area contributed by atoms with Gasteiger partial charge in [0.25, 0.3) is 0 Å². The van der Waals surface area contributed by atoms with Crippen molar-refractivity contribution in [2.45, 2.75) is 32.9 Å². The number of oxazole rings is 1. The fourth-order valence-electron chi connectivity index (χ4n) is 4.60. The van der Waals surface area contributed by atoms with Crippen LogP contribution in [0.5, 0.6) is 0 Å². The van der Waals surface area contributed by atoms with Gasteiger partial charge in [0.15, 0.2) is 11.4 Å². The highest BCUT2D eigenvalue weighted by atomic mass is 19.1. The molecule has 4 heterocycles. The average Bonchev–Trinajstić information content (AvgIpc) is 3.20. The molecule has 0 spiro atoms. The molecule has 0 saturated carbocycles. The smallest absolute Gasteiger partial charge is 0.405 e. The second kappa shape index (κ2) is 9.79. The maximum absolute atomic E-state index is 14.8. The van der Waals surface area contributed by atoms with Crippen LogP contribution in [0, 0.1) is 11.6 Å². The van der Waals surface area contributed by atoms with Crippen LogP contribution in [0.15, 0.2) is 45.7 Å². The SMILES string of the molecule is CNCCN1CCc2nc(Nc3cc(-c4cc(F)c5oc(=O)n(C(C)C)c5c4)c(F)cn3)ccc2C1. The molecule has 0 unspecified atom stereocenters. The van der Waals surface area contributed by atoms with E-state index in [2.05, 4.69) is 20.5 Å². The van der Waals surface area contributed by atoms with Crippen molar-refractivity contribution in [2.75, 3.05) is 32.0 Å². The molecule has 36 heavy (non-hydrogen) atoms. The van der Waals surface area contributed by atoms with Gasteiger partial charge in [-0.25, -0.2) is 23.5 Å². The number of fused-ring (bicyclic) bond motifs is 2. The monoisotopic (exact) mass is 494 g/mol. The zero-order valence-electron chi connectivity index (χ0n) is 20.4. The molecule has 10 heteroatoms. The lowest BCUT2D eigenvalue weighted by molar-refractivity contribution is 0.254. The van der Waals surface area contributed by atoms with E-state index in [1.807, 2.05) is 19.2 Å². The van der Waals surface area contributed by atoms with Crippen LogP contribution in [0.25, 0.3) is 22.2 Å². The van der Waals surface area contributed by atoms with Crippen molar-refractivity contribution in [3.8, 4) is 11.1 Å². The standard InChI is InChI=1S/C26H28F2N6O2/c1-15(2)34-22-11-17(10-19(27)25(22)36-26(34)35)18-12-24(30-13-20(18)28)32-23-5-4-16-14-33(9-7-29-3)8-6-21(16)31-23/h4-5,10-13,15,29H,6-9,14H2,1-3H3,(H,30,31,32). The third-order valence-electron chi connectivity index (χ3n) is 6.41. The van der Waals surface area contributed by atoms with E-state index in [1.165, 1.54) is 16.2 Å². The Bertz CT molecular complexity index is 1480. The third kappa shape index (κ3) is 4.61. The van der Waals surface area contributed by atoms with E-state index >= 15 is 0 Å². The summed E-state index contributed by atoms with van der Waals surface area (Å²) >= 11 is 0. The Balaban J connectivity index is 1.44. The number of nitrogens with zero attached hydrogens (tertiary/aromatic N) is 4. The summed E-state index contributed by atoms with van der Waals surface area (Å²) in [5, 5.41) is 6.32. The van der Waals surface area contributed by atoms with Crippen molar-refractivity contribution in [1.82, 2.24) is 24.8 Å². The number of aromatic nitrogens is 3. The summed E-state index contributed by atoms with van der Waals surface area (Å²) in [6.07, 6.45) is 1.93. The Hall–Kier alpha value is -3.63. The normalized spacial score (nSPS) is 13.9. The van der Waals surface area contributed by atoms with E-state index in [4.69, 9.17) is 9.40 Å². The molecule has 0 aliphatic carbocycles. The first-order valence-corrected chi connectivity index (χ1v) is 12.0. The van der Waals surface area contributed by atoms with Gasteiger partial charge in [0.05, 0.1) is 11.7 Å². The molecule has 0 saturated heterocycles. The van der Waals surface area contributed by atoms with Gasteiger partial charge >= 0.3 is 5.76 Å². The van der Waals surface area contributed by atoms with Gasteiger partial charge in [-0.15, -0.1) is 0 Å². The molecule has 0 fully saturated rings. The van der Waals surface area contributed by atoms with E-state index < -0.39 is 17.4 Å². The fourth-order valence-corrected chi connectivity index (χ4v) is 4.60. The summed E-state index contributed by atoms with van der Waals surface area (Å²) in [6.45, 7) is 7.30. The zero-order valence-corrected chi connectivity index (χ0v) is 20.4. The van der Waals surface area contributed by atoms with E-state index in [0.29, 0.717) is 11.6 Å². The number of benzene rings is 1. The summed E-state index contributed by atoms with van der Waals surface area (Å²) in [6, 6.07) is 7.90. The van der Waals surface area contributed by atoms with Gasteiger partial charge in [-0.3, -0.25) is 9.47 Å². The molecule has 5 rings (SSSR count). The van der Waals surface area contributed by atoms with Gasteiger partial charge in [0.1, 0.15) is 17.5 Å². The molecule has 8 nitrogen and oxygen atoms in total. The van der Waals surface area contributed by atoms with Gasteiger partial charge in [-0.1, -0.05) is 6.07 Å². The molecule has 4 aromatic rings. The van der Waals surface area contributed by atoms with Crippen LogP contribution in [0.3, 0.4) is 0 Å². The Labute approximate surface area is 207 Å². The Morgan fingerprint density at radius 3 is 2.75 bits per heavy atom. The number of nitrogens with one attached hydrogen (secondary N) is 2. The van der Waals surface area contributed by atoms with Crippen LogP contribution in [-0.4, -0.2) is 46.1 Å². The van der Waals surface area contributed by atoms with Crippen molar-refractivity contribution in [3.05, 3.63) is 70.0 Å². The minimum atomic E-state index is -0.732. The maximum Gasteiger partial charge on any atom is 0.420 e. The first kappa shape index (κ1) is 24.1. The molecule has 0 bridgehead atoms. The lowest BCUT2D eigenvalue weighted by atomic mass is 10.0. The molecule has 0 atom stereocenters. The molecule has 1 aromatic carbocycles. The number of halogens is 2. The van der Waals surface area contributed by atoms with Gasteiger partial charge in [0, 0.05) is 49.9 Å². The van der Waals surface area contributed by atoms with Crippen molar-refractivity contribution < 1.29 is 13.2 Å². The molecular formula is C26H28F2N6O2. The maximum atomic E-state index is 14.8. The first-order chi connectivity index (χ1) is 17.3. The summed E-state index contributed by atoms with van der Waals surface area (Å²) in [7, 11) is 1.95. The molecule has 1 aliphatic heterocycles. The summed E-state index contributed by atoms with van der Waals surface area (Å²) < 4.78 is 36.0. The van der Waals surface area contributed by atoms with Crippen LogP contribution >= 0.6 is 0 Å². The minimum absolute atomic E-state index is 0.145. The molecule has 1 aliphatic rings. The third-order valence-corrected chi connectivity index (χ3v) is 6.41. The quantitative estimate of drug-likeness (QED) is 0.398. The first-order valence-electron chi connectivity index (χ1n) is 12.0. The Kier molecular flexibility index (Phi) is 6.55. The average molecular weight is 495 g/mol. The van der Waals surface area contributed by atoms with Crippen LogP contribution < -0.4 is 16.4 Å². The number of hydrogen-bond donors (Lipinski definition) is 2. The summed E-state index contributed by atoms with van der Waals surface area (Å²) in [5.74, 6) is -1.02. The van der Waals surface area contributed by atoms with Crippen molar-refractivity contribution in [2.24, 2.45) is 0 Å². The topological polar surface area (TPSA) is 88.2 Å². The molecule has 0 amide bonds. The van der Waals surface area contributed by atoms with E-state index in [0.717, 1.165) is 50.6 Å². The second-order valence-electron chi connectivity index (χ2n) is 9.24. The largest absolute Gasteiger partial charge is 0.420 e. The predicted octanol–water partition coefficient (Wildman–Crippen LogP) is 4.23. The highest BCUT2D eigenvalue weighted by Gasteiger charge is 2.20.